The van der Waals surface area contributed by atoms with Gasteiger partial charge < -0.3 is 14.4 Å². The average Bonchev–Trinajstić information content (AvgIpc) is 3.17. The maximum Gasteiger partial charge on any atom is 0.241 e. The van der Waals surface area contributed by atoms with Crippen LogP contribution in [0.4, 0.5) is 5.69 Å². The van der Waals surface area contributed by atoms with Gasteiger partial charge in [-0.05, 0) is 54.8 Å². The van der Waals surface area contributed by atoms with E-state index in [1.807, 2.05) is 13.0 Å². The standard InChI is InChI=1S/C21H26N2O5S/c1-4-18(15-7-12-19(27-2)20(14-15)28-3)22-29(25,26)17-10-8-16(9-11-17)23-13-5-6-21(23)24/h7-12,14,18,22H,4-6,13H2,1-3H3/t18-/m0/s1. The van der Waals surface area contributed by atoms with Crippen molar-refractivity contribution in [2.24, 2.45) is 0 Å². The molecule has 0 saturated carbocycles. The zero-order chi connectivity index (χ0) is 21.0. The first-order chi connectivity index (χ1) is 13.9. The number of hydrogen-bond donors (Lipinski definition) is 1. The Hall–Kier alpha value is -2.58. The Morgan fingerprint density at radius 2 is 1.76 bits per heavy atom. The zero-order valence-electron chi connectivity index (χ0n) is 16.8. The van der Waals surface area contributed by atoms with Gasteiger partial charge in [0.2, 0.25) is 15.9 Å². The van der Waals surface area contributed by atoms with E-state index in [1.165, 1.54) is 12.1 Å². The van der Waals surface area contributed by atoms with Gasteiger partial charge in [-0.25, -0.2) is 13.1 Å². The van der Waals surface area contributed by atoms with E-state index in [4.69, 9.17) is 9.47 Å². The highest BCUT2D eigenvalue weighted by Gasteiger charge is 2.24. The van der Waals surface area contributed by atoms with Crippen LogP contribution in [0.3, 0.4) is 0 Å². The molecule has 0 aliphatic carbocycles. The van der Waals surface area contributed by atoms with Gasteiger partial charge in [0, 0.05) is 24.7 Å². The number of anilines is 1. The van der Waals surface area contributed by atoms with E-state index in [-0.39, 0.29) is 10.8 Å². The summed E-state index contributed by atoms with van der Waals surface area (Å²) in [6, 6.07) is 11.4. The van der Waals surface area contributed by atoms with Crippen LogP contribution in [0.25, 0.3) is 0 Å². The van der Waals surface area contributed by atoms with Crippen molar-refractivity contribution in [3.8, 4) is 11.5 Å². The highest BCUT2D eigenvalue weighted by Crippen LogP contribution is 2.31. The van der Waals surface area contributed by atoms with Crippen LogP contribution >= 0.6 is 0 Å². The summed E-state index contributed by atoms with van der Waals surface area (Å²) < 4.78 is 39.1. The van der Waals surface area contributed by atoms with Crippen molar-refractivity contribution in [1.82, 2.24) is 4.72 Å². The number of ether oxygens (including phenoxy) is 2. The fourth-order valence-electron chi connectivity index (χ4n) is 3.44. The van der Waals surface area contributed by atoms with Crippen molar-refractivity contribution in [2.45, 2.75) is 37.1 Å². The molecule has 0 spiro atoms. The average molecular weight is 419 g/mol. The van der Waals surface area contributed by atoms with Crippen LogP contribution in [0.15, 0.2) is 47.4 Å². The van der Waals surface area contributed by atoms with Crippen LogP contribution in [-0.4, -0.2) is 35.1 Å². The van der Waals surface area contributed by atoms with Gasteiger partial charge >= 0.3 is 0 Å². The van der Waals surface area contributed by atoms with Gasteiger partial charge in [0.05, 0.1) is 19.1 Å². The highest BCUT2D eigenvalue weighted by atomic mass is 32.2. The molecular formula is C21H26N2O5S. The number of sulfonamides is 1. The van der Waals surface area contributed by atoms with Crippen molar-refractivity contribution in [3.05, 3.63) is 48.0 Å². The second-order valence-corrected chi connectivity index (χ2v) is 8.55. The summed E-state index contributed by atoms with van der Waals surface area (Å²) in [4.78, 5) is 13.7. The van der Waals surface area contributed by atoms with E-state index in [2.05, 4.69) is 4.72 Å². The van der Waals surface area contributed by atoms with E-state index in [0.29, 0.717) is 30.9 Å². The highest BCUT2D eigenvalue weighted by molar-refractivity contribution is 7.89. The summed E-state index contributed by atoms with van der Waals surface area (Å²) in [5.41, 5.74) is 1.51. The molecule has 0 radical (unpaired) electrons. The molecule has 1 fully saturated rings. The molecule has 0 bridgehead atoms. The van der Waals surface area contributed by atoms with E-state index < -0.39 is 16.1 Å². The lowest BCUT2D eigenvalue weighted by Crippen LogP contribution is -2.28. The molecule has 7 nitrogen and oxygen atoms in total. The smallest absolute Gasteiger partial charge is 0.241 e. The largest absolute Gasteiger partial charge is 0.493 e. The van der Waals surface area contributed by atoms with E-state index >= 15 is 0 Å². The molecule has 29 heavy (non-hydrogen) atoms. The molecule has 1 atom stereocenters. The van der Waals surface area contributed by atoms with E-state index in [0.717, 1.165) is 17.7 Å². The minimum atomic E-state index is -3.73. The van der Waals surface area contributed by atoms with Crippen molar-refractivity contribution in [3.63, 3.8) is 0 Å². The number of benzene rings is 2. The second-order valence-electron chi connectivity index (χ2n) is 6.84. The lowest BCUT2D eigenvalue weighted by molar-refractivity contribution is -0.117. The molecule has 2 aromatic carbocycles. The summed E-state index contributed by atoms with van der Waals surface area (Å²) in [6.07, 6.45) is 1.92. The molecule has 0 unspecified atom stereocenters. The number of carbonyl (C=O) groups is 1. The number of methoxy groups -OCH3 is 2. The molecule has 1 saturated heterocycles. The first-order valence-corrected chi connectivity index (χ1v) is 11.0. The van der Waals surface area contributed by atoms with Crippen LogP contribution < -0.4 is 19.1 Å². The first kappa shape index (κ1) is 21.1. The van der Waals surface area contributed by atoms with Crippen molar-refractivity contribution in [2.75, 3.05) is 25.7 Å². The topological polar surface area (TPSA) is 84.9 Å². The Kier molecular flexibility index (Phi) is 6.44. The van der Waals surface area contributed by atoms with Crippen molar-refractivity contribution < 1.29 is 22.7 Å². The van der Waals surface area contributed by atoms with Gasteiger partial charge in [0.15, 0.2) is 11.5 Å². The summed E-state index contributed by atoms with van der Waals surface area (Å²) >= 11 is 0. The molecule has 156 valence electrons. The predicted octanol–water partition coefficient (Wildman–Crippen LogP) is 3.26. The monoisotopic (exact) mass is 418 g/mol. The summed E-state index contributed by atoms with van der Waals surface area (Å²) in [7, 11) is -0.641. The Labute approximate surface area is 171 Å². The number of amides is 1. The second kappa shape index (κ2) is 8.84. The summed E-state index contributed by atoms with van der Waals surface area (Å²) in [6.45, 7) is 2.58. The van der Waals surface area contributed by atoms with Crippen LogP contribution in [-0.2, 0) is 14.8 Å². The van der Waals surface area contributed by atoms with Gasteiger partial charge in [-0.15, -0.1) is 0 Å². The molecule has 3 rings (SSSR count). The molecule has 0 aromatic heterocycles. The number of hydrogen-bond acceptors (Lipinski definition) is 5. The maximum atomic E-state index is 12.9. The minimum absolute atomic E-state index is 0.0678. The van der Waals surface area contributed by atoms with Crippen LogP contribution in [0.5, 0.6) is 11.5 Å². The van der Waals surface area contributed by atoms with Crippen LogP contribution in [0.1, 0.15) is 37.8 Å². The van der Waals surface area contributed by atoms with E-state index in [9.17, 15) is 13.2 Å². The molecule has 2 aromatic rings. The normalized spacial score (nSPS) is 15.4. The fraction of sp³-hybridized carbons (Fsp3) is 0.381. The molecule has 1 aliphatic heterocycles. The Morgan fingerprint density at radius 3 is 2.31 bits per heavy atom. The van der Waals surface area contributed by atoms with Gasteiger partial charge in [-0.1, -0.05) is 13.0 Å². The maximum absolute atomic E-state index is 12.9. The summed E-state index contributed by atoms with van der Waals surface area (Å²) in [5.74, 6) is 1.20. The third-order valence-electron chi connectivity index (χ3n) is 5.05. The van der Waals surface area contributed by atoms with Gasteiger partial charge in [-0.2, -0.15) is 0 Å². The minimum Gasteiger partial charge on any atom is -0.493 e. The molecular weight excluding hydrogens is 392 g/mol. The molecule has 8 heteroatoms. The van der Waals surface area contributed by atoms with Gasteiger partial charge in [0.1, 0.15) is 0 Å². The molecule has 1 heterocycles. The van der Waals surface area contributed by atoms with Crippen LogP contribution in [0, 0.1) is 0 Å². The van der Waals surface area contributed by atoms with Crippen LogP contribution in [0.2, 0.25) is 0 Å². The predicted molar refractivity (Wildman–Crippen MR) is 111 cm³/mol. The van der Waals surface area contributed by atoms with Crippen molar-refractivity contribution >= 4 is 21.6 Å². The number of rotatable bonds is 8. The first-order valence-electron chi connectivity index (χ1n) is 9.54. The van der Waals surface area contributed by atoms with E-state index in [1.54, 1.807) is 43.4 Å². The lowest BCUT2D eigenvalue weighted by atomic mass is 10.1. The summed E-state index contributed by atoms with van der Waals surface area (Å²) in [5, 5.41) is 0. The van der Waals surface area contributed by atoms with Crippen molar-refractivity contribution in [1.29, 1.82) is 0 Å². The Bertz CT molecular complexity index is 973. The molecule has 1 aliphatic rings. The van der Waals surface area contributed by atoms with Gasteiger partial charge in [-0.3, -0.25) is 4.79 Å². The third kappa shape index (κ3) is 4.54. The Morgan fingerprint density at radius 1 is 1.07 bits per heavy atom. The number of nitrogens with zero attached hydrogens (tertiary/aromatic N) is 1. The van der Waals surface area contributed by atoms with Gasteiger partial charge in [0.25, 0.3) is 0 Å². The quantitative estimate of drug-likeness (QED) is 0.711. The Balaban J connectivity index is 1.80. The fourth-order valence-corrected chi connectivity index (χ4v) is 4.75. The number of carbonyl (C=O) groups excluding carboxylic acids is 1. The zero-order valence-corrected chi connectivity index (χ0v) is 17.7. The SMILES string of the molecule is CC[C@H](NS(=O)(=O)c1ccc(N2CCCC2=O)cc1)c1ccc(OC)c(OC)c1. The molecule has 1 N–H and O–H groups in total. The third-order valence-corrected chi connectivity index (χ3v) is 6.54. The number of nitrogens with one attached hydrogen (secondary N) is 1. The lowest BCUT2D eigenvalue weighted by Gasteiger charge is -2.20. The molecule has 1 amide bonds.